The van der Waals surface area contributed by atoms with Crippen molar-refractivity contribution >= 4 is 0 Å². The number of hydrogen-bond acceptors (Lipinski definition) is 5. The summed E-state index contributed by atoms with van der Waals surface area (Å²) in [6.07, 6.45) is 1.57. The SMILES string of the molecule is Cc1ccoc1-c1nc(-c2cccc(O)c2)no1. The number of phenols is 1. The lowest BCUT2D eigenvalue weighted by Crippen LogP contribution is -1.81. The molecule has 5 heteroatoms. The Morgan fingerprint density at radius 1 is 1.22 bits per heavy atom. The van der Waals surface area contributed by atoms with Crippen LogP contribution < -0.4 is 0 Å². The fourth-order valence-electron chi connectivity index (χ4n) is 1.67. The van der Waals surface area contributed by atoms with E-state index >= 15 is 0 Å². The van der Waals surface area contributed by atoms with Crippen LogP contribution in [0, 0.1) is 6.92 Å². The number of rotatable bonds is 2. The number of aromatic nitrogens is 2. The van der Waals surface area contributed by atoms with E-state index in [1.807, 2.05) is 13.0 Å². The number of aromatic hydroxyl groups is 1. The van der Waals surface area contributed by atoms with E-state index in [1.165, 1.54) is 0 Å². The molecule has 2 aromatic heterocycles. The molecule has 0 aliphatic carbocycles. The van der Waals surface area contributed by atoms with Crippen LogP contribution in [-0.4, -0.2) is 15.2 Å². The summed E-state index contributed by atoms with van der Waals surface area (Å²) in [6, 6.07) is 8.50. The number of furan rings is 1. The van der Waals surface area contributed by atoms with E-state index in [-0.39, 0.29) is 5.75 Å². The number of benzene rings is 1. The first-order valence-corrected chi connectivity index (χ1v) is 5.41. The van der Waals surface area contributed by atoms with Gasteiger partial charge in [0.2, 0.25) is 5.82 Å². The van der Waals surface area contributed by atoms with E-state index in [9.17, 15) is 5.11 Å². The van der Waals surface area contributed by atoms with Crippen LogP contribution in [0.4, 0.5) is 0 Å². The number of aryl methyl sites for hydroxylation is 1. The average Bonchev–Trinajstić information content (AvgIpc) is 2.97. The molecule has 1 aromatic carbocycles. The zero-order valence-corrected chi connectivity index (χ0v) is 9.62. The molecule has 3 rings (SSSR count). The second-order valence-corrected chi connectivity index (χ2v) is 3.91. The van der Waals surface area contributed by atoms with Gasteiger partial charge in [0.05, 0.1) is 6.26 Å². The first-order valence-electron chi connectivity index (χ1n) is 5.41. The van der Waals surface area contributed by atoms with Crippen molar-refractivity contribution in [3.8, 4) is 28.8 Å². The fourth-order valence-corrected chi connectivity index (χ4v) is 1.67. The Morgan fingerprint density at radius 2 is 2.11 bits per heavy atom. The molecule has 0 fully saturated rings. The van der Waals surface area contributed by atoms with Crippen LogP contribution in [0.1, 0.15) is 5.56 Å². The van der Waals surface area contributed by atoms with Crippen molar-refractivity contribution in [1.82, 2.24) is 10.1 Å². The van der Waals surface area contributed by atoms with Crippen molar-refractivity contribution in [1.29, 1.82) is 0 Å². The normalized spacial score (nSPS) is 10.7. The van der Waals surface area contributed by atoms with Gasteiger partial charge in [0.25, 0.3) is 5.89 Å². The fraction of sp³-hybridized carbons (Fsp3) is 0.0769. The van der Waals surface area contributed by atoms with Gasteiger partial charge < -0.3 is 14.0 Å². The zero-order valence-electron chi connectivity index (χ0n) is 9.62. The van der Waals surface area contributed by atoms with E-state index in [2.05, 4.69) is 10.1 Å². The topological polar surface area (TPSA) is 72.3 Å². The minimum Gasteiger partial charge on any atom is -0.508 e. The van der Waals surface area contributed by atoms with Crippen LogP contribution in [0.5, 0.6) is 5.75 Å². The number of hydrogen-bond donors (Lipinski definition) is 1. The van der Waals surface area contributed by atoms with Gasteiger partial charge in [-0.1, -0.05) is 17.3 Å². The molecule has 5 nitrogen and oxygen atoms in total. The molecule has 0 unspecified atom stereocenters. The Morgan fingerprint density at radius 3 is 2.83 bits per heavy atom. The molecule has 1 N–H and O–H groups in total. The highest BCUT2D eigenvalue weighted by Gasteiger charge is 2.15. The molecular weight excluding hydrogens is 232 g/mol. The summed E-state index contributed by atoms with van der Waals surface area (Å²) in [4.78, 5) is 4.24. The molecule has 0 saturated carbocycles. The van der Waals surface area contributed by atoms with Crippen molar-refractivity contribution in [3.63, 3.8) is 0 Å². The van der Waals surface area contributed by atoms with Gasteiger partial charge in [0, 0.05) is 11.1 Å². The molecule has 0 bridgehead atoms. The van der Waals surface area contributed by atoms with Crippen LogP contribution in [0.25, 0.3) is 23.0 Å². The number of nitrogens with zero attached hydrogens (tertiary/aromatic N) is 2. The van der Waals surface area contributed by atoms with Crippen molar-refractivity contribution in [2.75, 3.05) is 0 Å². The molecule has 3 aromatic rings. The molecule has 18 heavy (non-hydrogen) atoms. The van der Waals surface area contributed by atoms with Crippen LogP contribution >= 0.6 is 0 Å². The van der Waals surface area contributed by atoms with Gasteiger partial charge in [-0.3, -0.25) is 0 Å². The first-order chi connectivity index (χ1) is 8.74. The lowest BCUT2D eigenvalue weighted by Gasteiger charge is -1.94. The first kappa shape index (κ1) is 10.6. The van der Waals surface area contributed by atoms with Crippen molar-refractivity contribution in [3.05, 3.63) is 42.2 Å². The third-order valence-corrected chi connectivity index (χ3v) is 2.59. The summed E-state index contributed by atoms with van der Waals surface area (Å²) in [5.74, 6) is 1.47. The summed E-state index contributed by atoms with van der Waals surface area (Å²) < 4.78 is 10.4. The largest absolute Gasteiger partial charge is 0.508 e. The van der Waals surface area contributed by atoms with E-state index in [4.69, 9.17) is 8.94 Å². The predicted octanol–water partition coefficient (Wildman–Crippen LogP) is 3.01. The lowest BCUT2D eigenvalue weighted by atomic mass is 10.2. The summed E-state index contributed by atoms with van der Waals surface area (Å²) in [7, 11) is 0. The molecule has 0 amide bonds. The highest BCUT2D eigenvalue weighted by atomic mass is 16.5. The van der Waals surface area contributed by atoms with Crippen LogP contribution in [0.15, 0.2) is 45.5 Å². The van der Waals surface area contributed by atoms with Crippen LogP contribution in [-0.2, 0) is 0 Å². The smallest absolute Gasteiger partial charge is 0.294 e. The van der Waals surface area contributed by atoms with Gasteiger partial charge in [0.1, 0.15) is 5.75 Å². The van der Waals surface area contributed by atoms with Crippen LogP contribution in [0.2, 0.25) is 0 Å². The Hall–Kier alpha value is -2.56. The van der Waals surface area contributed by atoms with Crippen molar-refractivity contribution in [2.24, 2.45) is 0 Å². The van der Waals surface area contributed by atoms with Gasteiger partial charge in [-0.2, -0.15) is 4.98 Å². The minimum absolute atomic E-state index is 0.160. The quantitative estimate of drug-likeness (QED) is 0.747. The maximum absolute atomic E-state index is 9.40. The highest BCUT2D eigenvalue weighted by molar-refractivity contribution is 5.60. The van der Waals surface area contributed by atoms with E-state index in [0.29, 0.717) is 23.0 Å². The van der Waals surface area contributed by atoms with Crippen molar-refractivity contribution in [2.45, 2.75) is 6.92 Å². The van der Waals surface area contributed by atoms with Gasteiger partial charge in [0.15, 0.2) is 5.76 Å². The molecule has 0 saturated heterocycles. The van der Waals surface area contributed by atoms with E-state index in [1.54, 1.807) is 30.5 Å². The van der Waals surface area contributed by atoms with E-state index < -0.39 is 0 Å². The molecule has 2 heterocycles. The third kappa shape index (κ3) is 1.75. The molecule has 90 valence electrons. The molecule has 0 atom stereocenters. The van der Waals surface area contributed by atoms with Gasteiger partial charge in [-0.15, -0.1) is 0 Å². The zero-order chi connectivity index (χ0) is 12.5. The van der Waals surface area contributed by atoms with Gasteiger partial charge >= 0.3 is 0 Å². The number of phenolic OH excluding ortho intramolecular Hbond substituents is 1. The van der Waals surface area contributed by atoms with Gasteiger partial charge in [-0.25, -0.2) is 0 Å². The molecule has 0 radical (unpaired) electrons. The summed E-state index contributed by atoms with van der Waals surface area (Å²) in [5, 5.41) is 13.3. The Labute approximate surface area is 103 Å². The molecule has 0 spiro atoms. The minimum atomic E-state index is 0.160. The van der Waals surface area contributed by atoms with E-state index in [0.717, 1.165) is 5.56 Å². The Balaban J connectivity index is 2.02. The van der Waals surface area contributed by atoms with Crippen LogP contribution in [0.3, 0.4) is 0 Å². The summed E-state index contributed by atoms with van der Waals surface area (Å²) in [5.41, 5.74) is 1.62. The Kier molecular flexibility index (Phi) is 2.37. The maximum atomic E-state index is 9.40. The standard InChI is InChI=1S/C13H10N2O3/c1-8-5-6-17-11(8)13-14-12(15-18-13)9-3-2-4-10(16)7-9/h2-7,16H,1H3. The Bertz CT molecular complexity index is 685. The highest BCUT2D eigenvalue weighted by Crippen LogP contribution is 2.26. The summed E-state index contributed by atoms with van der Waals surface area (Å²) >= 11 is 0. The van der Waals surface area contributed by atoms with Gasteiger partial charge in [-0.05, 0) is 25.1 Å². The maximum Gasteiger partial charge on any atom is 0.294 e. The molecular formula is C13H10N2O3. The lowest BCUT2D eigenvalue weighted by molar-refractivity contribution is 0.416. The molecule has 0 aliphatic rings. The predicted molar refractivity (Wildman–Crippen MR) is 63.8 cm³/mol. The average molecular weight is 242 g/mol. The van der Waals surface area contributed by atoms with Crippen molar-refractivity contribution < 1.29 is 14.0 Å². The second kappa shape index (κ2) is 4.03. The third-order valence-electron chi connectivity index (χ3n) is 2.59. The second-order valence-electron chi connectivity index (χ2n) is 3.91. The monoisotopic (exact) mass is 242 g/mol. The molecule has 0 aliphatic heterocycles. The summed E-state index contributed by atoms with van der Waals surface area (Å²) in [6.45, 7) is 1.90.